The van der Waals surface area contributed by atoms with Gasteiger partial charge in [-0.05, 0) is 37.0 Å². The molecule has 1 aromatic carbocycles. The Hall–Kier alpha value is -1.42. The molecule has 0 bridgehead atoms. The molecule has 1 aromatic rings. The van der Waals surface area contributed by atoms with Crippen molar-refractivity contribution in [2.24, 2.45) is 5.92 Å². The van der Waals surface area contributed by atoms with Crippen LogP contribution in [0, 0.1) is 11.7 Å². The van der Waals surface area contributed by atoms with Crippen LogP contribution in [0.25, 0.3) is 0 Å². The lowest BCUT2D eigenvalue weighted by Crippen LogP contribution is -2.35. The fraction of sp³-hybridized carbons (Fsp3) is 0.533. The zero-order valence-electron chi connectivity index (χ0n) is 11.9. The Labute approximate surface area is 114 Å². The zero-order chi connectivity index (χ0) is 14.3. The van der Waals surface area contributed by atoms with Crippen molar-refractivity contribution < 1.29 is 9.18 Å². The summed E-state index contributed by atoms with van der Waals surface area (Å²) in [4.78, 5) is 11.6. The van der Waals surface area contributed by atoms with Crippen LogP contribution in [0.2, 0.25) is 0 Å². The van der Waals surface area contributed by atoms with Gasteiger partial charge in [0.15, 0.2) is 0 Å². The summed E-state index contributed by atoms with van der Waals surface area (Å²) >= 11 is 0. The number of hydrogen-bond donors (Lipinski definition) is 2. The summed E-state index contributed by atoms with van der Waals surface area (Å²) in [5.41, 5.74) is 0.969. The smallest absolute Gasteiger partial charge is 0.233 e. The average Bonchev–Trinajstić information content (AvgIpc) is 2.36. The van der Waals surface area contributed by atoms with Gasteiger partial charge in [-0.25, -0.2) is 4.39 Å². The van der Waals surface area contributed by atoms with Crippen LogP contribution in [0.1, 0.15) is 38.8 Å². The highest BCUT2D eigenvalue weighted by Gasteiger charge is 2.07. The van der Waals surface area contributed by atoms with E-state index in [1.54, 1.807) is 12.1 Å². The minimum absolute atomic E-state index is 0.00499. The zero-order valence-corrected chi connectivity index (χ0v) is 11.9. The van der Waals surface area contributed by atoms with Gasteiger partial charge in [0.05, 0.1) is 6.54 Å². The number of carbonyl (C=O) groups is 1. The Morgan fingerprint density at radius 3 is 2.42 bits per heavy atom. The van der Waals surface area contributed by atoms with Gasteiger partial charge in [-0.3, -0.25) is 4.79 Å². The van der Waals surface area contributed by atoms with E-state index in [1.807, 2.05) is 6.92 Å². The van der Waals surface area contributed by atoms with Gasteiger partial charge in [0.1, 0.15) is 5.82 Å². The van der Waals surface area contributed by atoms with Crippen molar-refractivity contribution in [2.45, 2.75) is 33.2 Å². The fourth-order valence-corrected chi connectivity index (χ4v) is 1.68. The molecule has 1 amide bonds. The Morgan fingerprint density at radius 2 is 1.84 bits per heavy atom. The van der Waals surface area contributed by atoms with E-state index in [0.717, 1.165) is 12.0 Å². The van der Waals surface area contributed by atoms with Gasteiger partial charge < -0.3 is 10.6 Å². The van der Waals surface area contributed by atoms with E-state index in [-0.39, 0.29) is 24.3 Å². The number of rotatable bonds is 7. The van der Waals surface area contributed by atoms with E-state index in [2.05, 4.69) is 24.5 Å². The van der Waals surface area contributed by atoms with Crippen molar-refractivity contribution in [3.63, 3.8) is 0 Å². The molecule has 0 aliphatic rings. The minimum atomic E-state index is -0.248. The molecule has 3 nitrogen and oxygen atoms in total. The summed E-state index contributed by atoms with van der Waals surface area (Å²) in [5, 5.41) is 5.99. The minimum Gasteiger partial charge on any atom is -0.355 e. The molecule has 1 rings (SSSR count). The Balaban J connectivity index is 2.27. The van der Waals surface area contributed by atoms with Crippen molar-refractivity contribution in [3.8, 4) is 0 Å². The maximum atomic E-state index is 12.8. The van der Waals surface area contributed by atoms with Gasteiger partial charge >= 0.3 is 0 Å². The van der Waals surface area contributed by atoms with Crippen molar-refractivity contribution in [3.05, 3.63) is 35.6 Å². The van der Waals surface area contributed by atoms with Gasteiger partial charge in [0.25, 0.3) is 0 Å². The second-order valence-electron chi connectivity index (χ2n) is 5.19. The molecule has 0 aliphatic carbocycles. The van der Waals surface area contributed by atoms with E-state index in [4.69, 9.17) is 0 Å². The van der Waals surface area contributed by atoms with Crippen LogP contribution in [0.4, 0.5) is 4.39 Å². The summed E-state index contributed by atoms with van der Waals surface area (Å²) in [6.45, 7) is 7.19. The van der Waals surface area contributed by atoms with E-state index in [9.17, 15) is 9.18 Å². The highest BCUT2D eigenvalue weighted by Crippen LogP contribution is 2.12. The summed E-state index contributed by atoms with van der Waals surface area (Å²) < 4.78 is 12.8. The molecule has 0 fully saturated rings. The van der Waals surface area contributed by atoms with Gasteiger partial charge in [-0.15, -0.1) is 0 Å². The Kier molecular flexibility index (Phi) is 6.50. The molecule has 1 atom stereocenters. The lowest BCUT2D eigenvalue weighted by atomic mass is 10.1. The van der Waals surface area contributed by atoms with Crippen LogP contribution in [-0.2, 0) is 4.79 Å². The third kappa shape index (κ3) is 6.34. The van der Waals surface area contributed by atoms with E-state index < -0.39 is 0 Å². The molecular formula is C15H23FN2O. The Bertz CT molecular complexity index is 390. The number of halogens is 1. The predicted octanol–water partition coefficient (Wildman–Crippen LogP) is 2.64. The van der Waals surface area contributed by atoms with Crippen LogP contribution in [0.15, 0.2) is 24.3 Å². The lowest BCUT2D eigenvalue weighted by Gasteiger charge is -2.14. The number of carbonyl (C=O) groups excluding carboxylic acids is 1. The molecule has 0 saturated heterocycles. The van der Waals surface area contributed by atoms with Gasteiger partial charge in [-0.2, -0.15) is 0 Å². The third-order valence-electron chi connectivity index (χ3n) is 2.98. The topological polar surface area (TPSA) is 41.1 Å². The molecule has 0 aromatic heterocycles. The molecule has 0 radical (unpaired) electrons. The first-order valence-corrected chi connectivity index (χ1v) is 6.74. The van der Waals surface area contributed by atoms with E-state index in [0.29, 0.717) is 12.5 Å². The second kappa shape index (κ2) is 7.89. The van der Waals surface area contributed by atoms with Crippen molar-refractivity contribution in [1.82, 2.24) is 10.6 Å². The maximum Gasteiger partial charge on any atom is 0.233 e. The molecule has 0 spiro atoms. The molecule has 2 N–H and O–H groups in total. The van der Waals surface area contributed by atoms with E-state index in [1.165, 1.54) is 12.1 Å². The van der Waals surface area contributed by atoms with Gasteiger partial charge in [0.2, 0.25) is 5.91 Å². The van der Waals surface area contributed by atoms with Gasteiger partial charge in [-0.1, -0.05) is 26.0 Å². The highest BCUT2D eigenvalue weighted by molar-refractivity contribution is 5.77. The maximum absolute atomic E-state index is 12.8. The first kappa shape index (κ1) is 15.6. The molecule has 0 saturated carbocycles. The van der Waals surface area contributed by atoms with Crippen molar-refractivity contribution in [2.75, 3.05) is 13.1 Å². The van der Waals surface area contributed by atoms with Crippen molar-refractivity contribution in [1.29, 1.82) is 0 Å². The summed E-state index contributed by atoms with van der Waals surface area (Å²) in [5.74, 6) is 0.336. The molecule has 4 heteroatoms. The summed E-state index contributed by atoms with van der Waals surface area (Å²) in [6.07, 6.45) is 0.985. The lowest BCUT2D eigenvalue weighted by molar-refractivity contribution is -0.120. The first-order chi connectivity index (χ1) is 8.99. The van der Waals surface area contributed by atoms with Crippen LogP contribution in [0.5, 0.6) is 0 Å². The molecule has 1 unspecified atom stereocenters. The normalized spacial score (nSPS) is 12.5. The Morgan fingerprint density at radius 1 is 1.21 bits per heavy atom. The van der Waals surface area contributed by atoms with Crippen LogP contribution in [0.3, 0.4) is 0 Å². The number of benzene rings is 1. The molecule has 0 heterocycles. The predicted molar refractivity (Wildman–Crippen MR) is 75.3 cm³/mol. The van der Waals surface area contributed by atoms with Crippen LogP contribution >= 0.6 is 0 Å². The summed E-state index contributed by atoms with van der Waals surface area (Å²) in [6, 6.07) is 6.33. The SMILES string of the molecule is CC(C)CCNC(=O)CNC(C)c1ccc(F)cc1. The number of amides is 1. The largest absolute Gasteiger partial charge is 0.355 e. The molecule has 106 valence electrons. The van der Waals surface area contributed by atoms with Crippen LogP contribution in [-0.4, -0.2) is 19.0 Å². The first-order valence-electron chi connectivity index (χ1n) is 6.74. The standard InChI is InChI=1S/C15H23FN2O/c1-11(2)8-9-17-15(19)10-18-12(3)13-4-6-14(16)7-5-13/h4-7,11-12,18H,8-10H2,1-3H3,(H,17,19). The monoisotopic (exact) mass is 266 g/mol. The molecular weight excluding hydrogens is 243 g/mol. The van der Waals surface area contributed by atoms with Gasteiger partial charge in [0, 0.05) is 12.6 Å². The van der Waals surface area contributed by atoms with E-state index >= 15 is 0 Å². The number of nitrogens with one attached hydrogen (secondary N) is 2. The summed E-state index contributed by atoms with van der Waals surface area (Å²) in [7, 11) is 0. The third-order valence-corrected chi connectivity index (χ3v) is 2.98. The number of hydrogen-bond acceptors (Lipinski definition) is 2. The second-order valence-corrected chi connectivity index (χ2v) is 5.19. The fourth-order valence-electron chi connectivity index (χ4n) is 1.68. The average molecular weight is 266 g/mol. The molecule has 19 heavy (non-hydrogen) atoms. The van der Waals surface area contributed by atoms with Crippen molar-refractivity contribution >= 4 is 5.91 Å². The quantitative estimate of drug-likeness (QED) is 0.796. The highest BCUT2D eigenvalue weighted by atomic mass is 19.1. The van der Waals surface area contributed by atoms with Crippen LogP contribution < -0.4 is 10.6 Å². The molecule has 0 aliphatic heterocycles.